The van der Waals surface area contributed by atoms with Crippen LogP contribution >= 0.6 is 11.8 Å². The number of nitriles is 1. The second-order valence-electron chi connectivity index (χ2n) is 3.86. The lowest BCUT2D eigenvalue weighted by Crippen LogP contribution is -2.62. The molecule has 0 aromatic carbocycles. The zero-order chi connectivity index (χ0) is 7.24. The van der Waals surface area contributed by atoms with E-state index in [0.717, 1.165) is 0 Å². The lowest BCUT2D eigenvalue weighted by molar-refractivity contribution is -0.143. The van der Waals surface area contributed by atoms with Crippen LogP contribution in [-0.2, 0) is 0 Å². The van der Waals surface area contributed by atoms with Gasteiger partial charge in [-0.1, -0.05) is 0 Å². The van der Waals surface area contributed by atoms with Gasteiger partial charge in [0.25, 0.3) is 0 Å². The Morgan fingerprint density at radius 1 is 1.50 bits per heavy atom. The standard InChI is InChI=1S/C8H11NS/c1-10-6-8-2-7(3-8,4-8)5-9/h2-4,6H2,1H3. The maximum absolute atomic E-state index is 8.71. The monoisotopic (exact) mass is 153 g/mol. The molecule has 1 nitrogen and oxygen atoms in total. The number of rotatable bonds is 2. The second-order valence-corrected chi connectivity index (χ2v) is 4.72. The molecule has 10 heavy (non-hydrogen) atoms. The van der Waals surface area contributed by atoms with Gasteiger partial charge in [-0.05, 0) is 36.7 Å². The Morgan fingerprint density at radius 3 is 2.50 bits per heavy atom. The van der Waals surface area contributed by atoms with Crippen molar-refractivity contribution in [1.82, 2.24) is 0 Å². The van der Waals surface area contributed by atoms with E-state index in [1.54, 1.807) is 0 Å². The Balaban J connectivity index is 1.93. The molecule has 0 spiro atoms. The number of hydrogen-bond donors (Lipinski definition) is 0. The summed E-state index contributed by atoms with van der Waals surface area (Å²) in [6.07, 6.45) is 5.73. The summed E-state index contributed by atoms with van der Waals surface area (Å²) in [7, 11) is 0. The van der Waals surface area contributed by atoms with Crippen LogP contribution in [0.1, 0.15) is 19.3 Å². The minimum absolute atomic E-state index is 0.162. The fourth-order valence-corrected chi connectivity index (χ4v) is 3.49. The summed E-state index contributed by atoms with van der Waals surface area (Å²) >= 11 is 1.92. The van der Waals surface area contributed by atoms with Gasteiger partial charge in [-0.25, -0.2) is 0 Å². The fraction of sp³-hybridized carbons (Fsp3) is 0.875. The van der Waals surface area contributed by atoms with E-state index in [0.29, 0.717) is 5.41 Å². The Labute approximate surface area is 65.8 Å². The molecule has 0 unspecified atom stereocenters. The zero-order valence-corrected chi connectivity index (χ0v) is 7.00. The van der Waals surface area contributed by atoms with Crippen LogP contribution in [0.25, 0.3) is 0 Å². The first kappa shape index (κ1) is 6.54. The molecular weight excluding hydrogens is 142 g/mol. The first-order valence-electron chi connectivity index (χ1n) is 3.65. The summed E-state index contributed by atoms with van der Waals surface area (Å²) in [6.45, 7) is 0. The highest BCUT2D eigenvalue weighted by atomic mass is 32.2. The summed E-state index contributed by atoms with van der Waals surface area (Å²) in [4.78, 5) is 0. The zero-order valence-electron chi connectivity index (χ0n) is 6.18. The van der Waals surface area contributed by atoms with E-state index in [-0.39, 0.29) is 5.41 Å². The largest absolute Gasteiger partial charge is 0.198 e. The van der Waals surface area contributed by atoms with Gasteiger partial charge in [-0.15, -0.1) is 0 Å². The quantitative estimate of drug-likeness (QED) is 0.606. The van der Waals surface area contributed by atoms with Gasteiger partial charge in [0.1, 0.15) is 0 Å². The van der Waals surface area contributed by atoms with Crippen LogP contribution in [0.4, 0.5) is 0 Å². The van der Waals surface area contributed by atoms with Crippen molar-refractivity contribution in [2.75, 3.05) is 12.0 Å². The van der Waals surface area contributed by atoms with Crippen LogP contribution in [0.5, 0.6) is 0 Å². The third-order valence-corrected chi connectivity index (χ3v) is 3.73. The van der Waals surface area contributed by atoms with Crippen molar-refractivity contribution >= 4 is 11.8 Å². The number of nitrogens with zero attached hydrogens (tertiary/aromatic N) is 1. The summed E-state index contributed by atoms with van der Waals surface area (Å²) in [5.41, 5.74) is 0.783. The highest BCUT2D eigenvalue weighted by molar-refractivity contribution is 7.98. The van der Waals surface area contributed by atoms with Crippen LogP contribution in [-0.4, -0.2) is 12.0 Å². The van der Waals surface area contributed by atoms with E-state index >= 15 is 0 Å². The highest BCUT2D eigenvalue weighted by Crippen LogP contribution is 2.73. The summed E-state index contributed by atoms with van der Waals surface area (Å²) < 4.78 is 0. The number of thioether (sulfide) groups is 1. The van der Waals surface area contributed by atoms with E-state index in [4.69, 9.17) is 5.26 Å². The summed E-state index contributed by atoms with van der Waals surface area (Å²) in [6, 6.07) is 2.42. The van der Waals surface area contributed by atoms with Crippen molar-refractivity contribution in [1.29, 1.82) is 5.26 Å². The molecule has 3 rings (SSSR count). The SMILES string of the molecule is CSCC12CC(C#N)(C1)C2. The van der Waals surface area contributed by atoms with E-state index in [1.165, 1.54) is 25.0 Å². The Morgan fingerprint density at radius 2 is 2.10 bits per heavy atom. The van der Waals surface area contributed by atoms with E-state index in [9.17, 15) is 0 Å². The summed E-state index contributed by atoms with van der Waals surface area (Å²) in [5, 5.41) is 8.71. The van der Waals surface area contributed by atoms with Gasteiger partial charge in [0.15, 0.2) is 0 Å². The molecular formula is C8H11NS. The van der Waals surface area contributed by atoms with Gasteiger partial charge in [-0.3, -0.25) is 0 Å². The van der Waals surface area contributed by atoms with Crippen molar-refractivity contribution in [2.24, 2.45) is 10.8 Å². The van der Waals surface area contributed by atoms with Crippen LogP contribution in [0.15, 0.2) is 0 Å². The first-order chi connectivity index (χ1) is 4.74. The molecule has 0 radical (unpaired) electrons. The molecule has 0 heterocycles. The average molecular weight is 153 g/mol. The molecule has 0 N–H and O–H groups in total. The molecule has 3 saturated carbocycles. The number of hydrogen-bond acceptors (Lipinski definition) is 2. The highest BCUT2D eigenvalue weighted by Gasteiger charge is 2.67. The lowest BCUT2D eigenvalue weighted by atomic mass is 9.36. The van der Waals surface area contributed by atoms with Crippen LogP contribution < -0.4 is 0 Å². The van der Waals surface area contributed by atoms with Crippen molar-refractivity contribution in [2.45, 2.75) is 19.3 Å². The molecule has 3 aliphatic rings. The third kappa shape index (κ3) is 0.594. The Bertz CT molecular complexity index is 184. The molecule has 0 atom stereocenters. The van der Waals surface area contributed by atoms with Crippen LogP contribution in [0.2, 0.25) is 0 Å². The molecule has 2 bridgehead atoms. The average Bonchev–Trinajstić information content (AvgIpc) is 1.74. The molecule has 54 valence electrons. The second kappa shape index (κ2) is 1.71. The molecule has 0 saturated heterocycles. The summed E-state index contributed by atoms with van der Waals surface area (Å²) in [5.74, 6) is 1.27. The minimum atomic E-state index is 0.162. The predicted octanol–water partition coefficient (Wildman–Crippen LogP) is 2.04. The smallest absolute Gasteiger partial charge is 0.0690 e. The van der Waals surface area contributed by atoms with Crippen molar-refractivity contribution < 1.29 is 0 Å². The molecule has 2 heteroatoms. The first-order valence-corrected chi connectivity index (χ1v) is 5.04. The van der Waals surface area contributed by atoms with Crippen molar-refractivity contribution in [3.05, 3.63) is 0 Å². The maximum atomic E-state index is 8.71. The topological polar surface area (TPSA) is 23.8 Å². The van der Waals surface area contributed by atoms with E-state index in [2.05, 4.69) is 12.3 Å². The van der Waals surface area contributed by atoms with Gasteiger partial charge in [-0.2, -0.15) is 17.0 Å². The Hall–Kier alpha value is -0.160. The van der Waals surface area contributed by atoms with Crippen molar-refractivity contribution in [3.63, 3.8) is 0 Å². The van der Waals surface area contributed by atoms with Gasteiger partial charge in [0, 0.05) is 0 Å². The lowest BCUT2D eigenvalue weighted by Gasteiger charge is -2.67. The van der Waals surface area contributed by atoms with Gasteiger partial charge >= 0.3 is 0 Å². The third-order valence-electron chi connectivity index (χ3n) is 2.83. The minimum Gasteiger partial charge on any atom is -0.198 e. The van der Waals surface area contributed by atoms with Crippen LogP contribution in [0.3, 0.4) is 0 Å². The molecule has 0 aromatic rings. The molecule has 0 amide bonds. The van der Waals surface area contributed by atoms with Gasteiger partial charge in [0.05, 0.1) is 11.5 Å². The fourth-order valence-electron chi connectivity index (χ4n) is 2.58. The van der Waals surface area contributed by atoms with E-state index in [1.807, 2.05) is 11.8 Å². The predicted molar refractivity (Wildman–Crippen MR) is 42.7 cm³/mol. The normalized spacial score (nSPS) is 48.8. The van der Waals surface area contributed by atoms with Crippen molar-refractivity contribution in [3.8, 4) is 6.07 Å². The van der Waals surface area contributed by atoms with E-state index < -0.39 is 0 Å². The maximum Gasteiger partial charge on any atom is 0.0690 e. The molecule has 0 aromatic heterocycles. The van der Waals surface area contributed by atoms with Crippen LogP contribution in [0, 0.1) is 22.2 Å². The van der Waals surface area contributed by atoms with Gasteiger partial charge < -0.3 is 0 Å². The molecule has 0 aliphatic heterocycles. The molecule has 3 aliphatic carbocycles. The molecule has 3 fully saturated rings. The Kier molecular flexibility index (Phi) is 1.12. The van der Waals surface area contributed by atoms with Gasteiger partial charge in [0.2, 0.25) is 0 Å².